The molecule has 3 saturated carbocycles. The fourth-order valence-corrected chi connectivity index (χ4v) is 7.75. The average molecular weight is 321 g/mol. The van der Waals surface area contributed by atoms with Gasteiger partial charge in [-0.2, -0.15) is 5.26 Å². The highest BCUT2D eigenvalue weighted by Gasteiger charge is 2.75. The van der Waals surface area contributed by atoms with Gasteiger partial charge in [0.15, 0.2) is 5.78 Å². The predicted molar refractivity (Wildman–Crippen MR) is 92.7 cm³/mol. The van der Waals surface area contributed by atoms with E-state index in [-0.39, 0.29) is 10.8 Å². The van der Waals surface area contributed by atoms with Gasteiger partial charge in [-0.3, -0.25) is 4.79 Å². The van der Waals surface area contributed by atoms with Crippen LogP contribution < -0.4 is 0 Å². The average Bonchev–Trinajstić information content (AvgIpc) is 3.36. The van der Waals surface area contributed by atoms with E-state index >= 15 is 0 Å². The predicted octanol–water partition coefficient (Wildman–Crippen LogP) is 4.68. The van der Waals surface area contributed by atoms with Gasteiger partial charge in [0.1, 0.15) is 0 Å². The molecule has 0 spiro atoms. The maximum absolute atomic E-state index is 11.8. The smallest absolute Gasteiger partial charge is 0.155 e. The number of carbonyl (C=O) groups is 1. The highest BCUT2D eigenvalue weighted by atomic mass is 16.1. The Morgan fingerprint density at radius 2 is 2.17 bits per heavy atom. The molecule has 8 atom stereocenters. The summed E-state index contributed by atoms with van der Waals surface area (Å²) in [5.41, 5.74) is 1.41. The summed E-state index contributed by atoms with van der Waals surface area (Å²) in [4.78, 5) is 11.8. The number of allylic oxidation sites excluding steroid dienone is 4. The van der Waals surface area contributed by atoms with Crippen LogP contribution in [0, 0.1) is 57.7 Å². The van der Waals surface area contributed by atoms with Crippen LogP contribution in [-0.2, 0) is 4.79 Å². The Kier molecular flexibility index (Phi) is 2.88. The molecule has 24 heavy (non-hydrogen) atoms. The fourth-order valence-electron chi connectivity index (χ4n) is 7.75. The van der Waals surface area contributed by atoms with Crippen molar-refractivity contribution in [3.63, 3.8) is 0 Å². The van der Waals surface area contributed by atoms with Crippen LogP contribution in [0.25, 0.3) is 0 Å². The Labute approximate surface area is 145 Å². The molecule has 5 aliphatic rings. The molecule has 0 N–H and O–H groups in total. The first-order chi connectivity index (χ1) is 11.6. The van der Waals surface area contributed by atoms with Gasteiger partial charge in [0.2, 0.25) is 0 Å². The van der Waals surface area contributed by atoms with Crippen LogP contribution >= 0.6 is 0 Å². The molecule has 0 aromatic carbocycles. The number of rotatable bonds is 1. The Morgan fingerprint density at radius 1 is 1.33 bits per heavy atom. The van der Waals surface area contributed by atoms with Crippen molar-refractivity contribution in [2.75, 3.05) is 0 Å². The molecule has 0 aliphatic heterocycles. The van der Waals surface area contributed by atoms with Crippen molar-refractivity contribution in [2.45, 2.75) is 52.4 Å². The number of nitriles is 1. The number of fused-ring (bicyclic) bond motifs is 7. The van der Waals surface area contributed by atoms with E-state index in [1.54, 1.807) is 0 Å². The lowest BCUT2D eigenvalue weighted by atomic mass is 9.47. The third-order valence-corrected chi connectivity index (χ3v) is 8.90. The van der Waals surface area contributed by atoms with E-state index in [1.165, 1.54) is 24.8 Å². The summed E-state index contributed by atoms with van der Waals surface area (Å²) >= 11 is 0. The van der Waals surface area contributed by atoms with Crippen molar-refractivity contribution in [3.05, 3.63) is 23.8 Å². The van der Waals surface area contributed by atoms with E-state index in [0.29, 0.717) is 35.4 Å². The molecule has 0 bridgehead atoms. The Balaban J connectivity index is 1.58. The Bertz CT molecular complexity index is 712. The lowest BCUT2D eigenvalue weighted by Crippen LogP contribution is -2.51. The van der Waals surface area contributed by atoms with Crippen LogP contribution in [0.3, 0.4) is 0 Å². The van der Waals surface area contributed by atoms with Gasteiger partial charge in [-0.05, 0) is 91.6 Å². The first kappa shape index (κ1) is 14.9. The number of carbonyl (C=O) groups excluding carboxylic acids is 1. The van der Waals surface area contributed by atoms with Crippen LogP contribution in [0.4, 0.5) is 0 Å². The normalized spacial score (nSPS) is 54.0. The van der Waals surface area contributed by atoms with Crippen LogP contribution in [0.5, 0.6) is 0 Å². The summed E-state index contributed by atoms with van der Waals surface area (Å²) in [6.07, 6.45) is 13.3. The van der Waals surface area contributed by atoms with E-state index < -0.39 is 0 Å². The van der Waals surface area contributed by atoms with Crippen molar-refractivity contribution in [2.24, 2.45) is 46.3 Å². The van der Waals surface area contributed by atoms with E-state index in [4.69, 9.17) is 0 Å². The second kappa shape index (κ2) is 4.63. The minimum atomic E-state index is -0.117. The molecule has 0 heterocycles. The molecule has 2 heteroatoms. The van der Waals surface area contributed by atoms with Gasteiger partial charge in [-0.15, -0.1) is 0 Å². The number of ketones is 1. The zero-order valence-corrected chi connectivity index (χ0v) is 14.8. The molecule has 2 nitrogen and oxygen atoms in total. The first-order valence-corrected chi connectivity index (χ1v) is 9.89. The van der Waals surface area contributed by atoms with Crippen molar-refractivity contribution in [3.8, 4) is 6.07 Å². The molecule has 6 unspecified atom stereocenters. The van der Waals surface area contributed by atoms with Crippen molar-refractivity contribution >= 4 is 5.78 Å². The third-order valence-electron chi connectivity index (χ3n) is 8.90. The summed E-state index contributed by atoms with van der Waals surface area (Å²) < 4.78 is 0. The first-order valence-electron chi connectivity index (χ1n) is 9.89. The SMILES string of the molecule is CCC12CCC3C4CCC(=O)C=C4C=CC3[C@@H]1C1CC1[C@]2(C)C#N. The lowest BCUT2D eigenvalue weighted by Gasteiger charge is -2.56. The monoisotopic (exact) mass is 321 g/mol. The molecule has 3 fully saturated rings. The number of hydrogen-bond donors (Lipinski definition) is 0. The standard InChI is InChI=1S/C22H27NO/c1-3-22-9-8-16-15-7-5-14(24)10-13(15)4-6-17(16)20(22)18-11-19(18)21(22,2)12-23/h4,6,10,15-20H,3,5,7-9,11H2,1-2H3/t15?,16?,17?,18?,19?,20-,21+,22?/m1/s1. The van der Waals surface area contributed by atoms with Crippen LogP contribution in [0.15, 0.2) is 23.8 Å². The van der Waals surface area contributed by atoms with Crippen molar-refractivity contribution in [1.82, 2.24) is 0 Å². The van der Waals surface area contributed by atoms with E-state index in [2.05, 4.69) is 32.1 Å². The fraction of sp³-hybridized carbons (Fsp3) is 0.727. The zero-order chi connectivity index (χ0) is 16.7. The number of nitrogens with zero attached hydrogens (tertiary/aromatic N) is 1. The quantitative estimate of drug-likeness (QED) is 0.703. The molecule has 0 saturated heterocycles. The zero-order valence-electron chi connectivity index (χ0n) is 14.8. The Hall–Kier alpha value is -1.36. The van der Waals surface area contributed by atoms with E-state index in [0.717, 1.165) is 25.2 Å². The lowest BCUT2D eigenvalue weighted by molar-refractivity contribution is -0.115. The molecule has 5 rings (SSSR count). The molecule has 0 radical (unpaired) electrons. The molecule has 0 aromatic heterocycles. The molecular formula is C22H27NO. The van der Waals surface area contributed by atoms with Crippen LogP contribution in [0.2, 0.25) is 0 Å². The van der Waals surface area contributed by atoms with Crippen molar-refractivity contribution < 1.29 is 4.79 Å². The van der Waals surface area contributed by atoms with Gasteiger partial charge in [-0.25, -0.2) is 0 Å². The van der Waals surface area contributed by atoms with Crippen molar-refractivity contribution in [1.29, 1.82) is 5.26 Å². The van der Waals surface area contributed by atoms with Gasteiger partial charge in [0.05, 0.1) is 11.5 Å². The van der Waals surface area contributed by atoms with Gasteiger partial charge in [0.25, 0.3) is 0 Å². The largest absolute Gasteiger partial charge is 0.295 e. The van der Waals surface area contributed by atoms with Crippen LogP contribution in [-0.4, -0.2) is 5.78 Å². The third kappa shape index (κ3) is 1.55. The molecule has 126 valence electrons. The highest BCUT2D eigenvalue weighted by Crippen LogP contribution is 2.79. The minimum absolute atomic E-state index is 0.117. The summed E-state index contributed by atoms with van der Waals surface area (Å²) in [5, 5.41) is 10.1. The maximum Gasteiger partial charge on any atom is 0.155 e. The summed E-state index contributed by atoms with van der Waals surface area (Å²) in [7, 11) is 0. The maximum atomic E-state index is 11.8. The summed E-state index contributed by atoms with van der Waals surface area (Å²) in [6.45, 7) is 4.60. The molecule has 5 aliphatic carbocycles. The van der Waals surface area contributed by atoms with E-state index in [9.17, 15) is 10.1 Å². The van der Waals surface area contributed by atoms with E-state index in [1.807, 2.05) is 6.08 Å². The molecule has 0 amide bonds. The molecule has 0 aromatic rings. The topological polar surface area (TPSA) is 40.9 Å². The molecular weight excluding hydrogens is 294 g/mol. The summed E-state index contributed by atoms with van der Waals surface area (Å²) in [5.74, 6) is 4.38. The second-order valence-corrected chi connectivity index (χ2v) is 9.25. The highest BCUT2D eigenvalue weighted by molar-refractivity contribution is 5.91. The summed E-state index contributed by atoms with van der Waals surface area (Å²) in [6, 6.07) is 2.80. The number of hydrogen-bond acceptors (Lipinski definition) is 2. The Morgan fingerprint density at radius 3 is 2.92 bits per heavy atom. The van der Waals surface area contributed by atoms with Gasteiger partial charge >= 0.3 is 0 Å². The second-order valence-electron chi connectivity index (χ2n) is 9.25. The van der Waals surface area contributed by atoms with Gasteiger partial charge in [-0.1, -0.05) is 19.1 Å². The van der Waals surface area contributed by atoms with Gasteiger partial charge in [0, 0.05) is 6.42 Å². The minimum Gasteiger partial charge on any atom is -0.295 e. The van der Waals surface area contributed by atoms with Crippen LogP contribution in [0.1, 0.15) is 52.4 Å². The van der Waals surface area contributed by atoms with Gasteiger partial charge < -0.3 is 0 Å².